The molecule has 25 heavy (non-hydrogen) atoms. The number of hydrogen-bond acceptors (Lipinski definition) is 5. The number of methoxy groups -OCH3 is 1. The minimum absolute atomic E-state index is 0.0173. The van der Waals surface area contributed by atoms with Crippen LogP contribution in [0.3, 0.4) is 0 Å². The molecule has 1 N–H and O–H groups in total. The van der Waals surface area contributed by atoms with Crippen molar-refractivity contribution in [2.75, 3.05) is 7.11 Å². The molecule has 5 nitrogen and oxygen atoms in total. The minimum atomic E-state index is 0.0173. The Hall–Kier alpha value is -2.73. The van der Waals surface area contributed by atoms with Gasteiger partial charge in [-0.15, -0.1) is 11.3 Å². The Morgan fingerprint density at radius 1 is 1.20 bits per heavy atom. The van der Waals surface area contributed by atoms with Crippen molar-refractivity contribution < 1.29 is 9.53 Å². The highest BCUT2D eigenvalue weighted by Crippen LogP contribution is 2.32. The van der Waals surface area contributed by atoms with Gasteiger partial charge in [-0.3, -0.25) is 9.78 Å². The summed E-state index contributed by atoms with van der Waals surface area (Å²) < 4.78 is 5.38. The molecule has 128 valence electrons. The van der Waals surface area contributed by atoms with Gasteiger partial charge in [-0.05, 0) is 36.2 Å². The van der Waals surface area contributed by atoms with E-state index in [1.807, 2.05) is 41.8 Å². The molecule has 6 heteroatoms. The molecular weight excluding hydrogens is 334 g/mol. The second kappa shape index (κ2) is 8.39. The Morgan fingerprint density at radius 2 is 2.00 bits per heavy atom. The molecule has 0 saturated heterocycles. The molecule has 1 amide bonds. The fourth-order valence-corrected chi connectivity index (χ4v) is 3.28. The zero-order valence-electron chi connectivity index (χ0n) is 13.9. The van der Waals surface area contributed by atoms with Gasteiger partial charge in [0.15, 0.2) is 0 Å². The largest absolute Gasteiger partial charge is 0.496 e. The van der Waals surface area contributed by atoms with E-state index >= 15 is 0 Å². The van der Waals surface area contributed by atoms with Gasteiger partial charge in [0.1, 0.15) is 10.8 Å². The van der Waals surface area contributed by atoms with Gasteiger partial charge in [0.2, 0.25) is 5.91 Å². The van der Waals surface area contributed by atoms with Crippen molar-refractivity contribution in [3.8, 4) is 16.3 Å². The average molecular weight is 353 g/mol. The van der Waals surface area contributed by atoms with Crippen molar-refractivity contribution in [1.82, 2.24) is 15.3 Å². The second-order valence-corrected chi connectivity index (χ2v) is 6.33. The lowest BCUT2D eigenvalue weighted by molar-refractivity contribution is -0.121. The standard InChI is InChI=1S/C19H19N3O2S/c1-24-17-5-3-2-4-16(17)19-22-15(13-25-19)6-7-18(23)21-12-14-8-10-20-11-9-14/h2-5,8-11,13H,6-7,12H2,1H3,(H,21,23). The predicted octanol–water partition coefficient (Wildman–Crippen LogP) is 3.46. The zero-order valence-corrected chi connectivity index (χ0v) is 14.8. The van der Waals surface area contributed by atoms with E-state index in [0.717, 1.165) is 27.6 Å². The molecule has 0 aliphatic carbocycles. The van der Waals surface area contributed by atoms with E-state index in [0.29, 0.717) is 19.4 Å². The first-order chi connectivity index (χ1) is 12.3. The predicted molar refractivity (Wildman–Crippen MR) is 98.5 cm³/mol. The molecule has 1 aromatic carbocycles. The van der Waals surface area contributed by atoms with Crippen LogP contribution in [0.15, 0.2) is 54.2 Å². The molecule has 3 rings (SSSR count). The second-order valence-electron chi connectivity index (χ2n) is 5.48. The van der Waals surface area contributed by atoms with Crippen LogP contribution in [0.4, 0.5) is 0 Å². The summed E-state index contributed by atoms with van der Waals surface area (Å²) in [7, 11) is 1.65. The number of nitrogens with zero attached hydrogens (tertiary/aromatic N) is 2. The maximum atomic E-state index is 12.0. The highest BCUT2D eigenvalue weighted by molar-refractivity contribution is 7.13. The highest BCUT2D eigenvalue weighted by Gasteiger charge is 2.10. The Labute approximate surface area is 150 Å². The van der Waals surface area contributed by atoms with E-state index < -0.39 is 0 Å². The third-order valence-electron chi connectivity index (χ3n) is 3.74. The maximum absolute atomic E-state index is 12.0. The van der Waals surface area contributed by atoms with Gasteiger partial charge in [0.25, 0.3) is 0 Å². The molecule has 0 unspecified atom stereocenters. The number of benzene rings is 1. The van der Waals surface area contributed by atoms with Crippen LogP contribution in [-0.4, -0.2) is 23.0 Å². The lowest BCUT2D eigenvalue weighted by Crippen LogP contribution is -2.23. The van der Waals surface area contributed by atoms with Crippen molar-refractivity contribution in [2.45, 2.75) is 19.4 Å². The van der Waals surface area contributed by atoms with Crippen molar-refractivity contribution in [2.24, 2.45) is 0 Å². The summed E-state index contributed by atoms with van der Waals surface area (Å²) >= 11 is 1.56. The van der Waals surface area contributed by atoms with E-state index in [1.54, 1.807) is 30.8 Å². The van der Waals surface area contributed by atoms with E-state index in [2.05, 4.69) is 15.3 Å². The number of nitrogens with one attached hydrogen (secondary N) is 1. The molecule has 0 fully saturated rings. The molecule has 0 aliphatic rings. The van der Waals surface area contributed by atoms with Crippen LogP contribution >= 0.6 is 11.3 Å². The van der Waals surface area contributed by atoms with Crippen molar-refractivity contribution in [3.05, 3.63) is 65.4 Å². The highest BCUT2D eigenvalue weighted by atomic mass is 32.1. The van der Waals surface area contributed by atoms with Gasteiger partial charge in [-0.1, -0.05) is 12.1 Å². The Morgan fingerprint density at radius 3 is 2.80 bits per heavy atom. The summed E-state index contributed by atoms with van der Waals surface area (Å²) in [6, 6.07) is 11.6. The number of aryl methyl sites for hydroxylation is 1. The molecule has 0 radical (unpaired) electrons. The fourth-order valence-electron chi connectivity index (χ4n) is 2.40. The number of rotatable bonds is 7. The molecule has 0 spiro atoms. The summed E-state index contributed by atoms with van der Waals surface area (Å²) in [5.74, 6) is 0.821. The van der Waals surface area contributed by atoms with Crippen LogP contribution in [0.2, 0.25) is 0 Å². The number of amides is 1. The van der Waals surface area contributed by atoms with Crippen LogP contribution in [0.5, 0.6) is 5.75 Å². The Kier molecular flexibility index (Phi) is 5.74. The van der Waals surface area contributed by atoms with E-state index in [9.17, 15) is 4.79 Å². The lowest BCUT2D eigenvalue weighted by Gasteiger charge is -2.05. The average Bonchev–Trinajstić information content (AvgIpc) is 3.14. The Bertz CT molecular complexity index is 833. The molecule has 2 heterocycles. The maximum Gasteiger partial charge on any atom is 0.220 e. The van der Waals surface area contributed by atoms with Gasteiger partial charge in [-0.25, -0.2) is 4.98 Å². The van der Waals surface area contributed by atoms with Gasteiger partial charge in [0.05, 0.1) is 18.4 Å². The monoisotopic (exact) mass is 353 g/mol. The van der Waals surface area contributed by atoms with Crippen LogP contribution in [-0.2, 0) is 17.8 Å². The van der Waals surface area contributed by atoms with Gasteiger partial charge in [0, 0.05) is 30.7 Å². The minimum Gasteiger partial charge on any atom is -0.496 e. The molecule has 2 aromatic heterocycles. The van der Waals surface area contributed by atoms with Crippen LogP contribution in [0.1, 0.15) is 17.7 Å². The molecule has 0 saturated carbocycles. The van der Waals surface area contributed by atoms with Crippen molar-refractivity contribution in [1.29, 1.82) is 0 Å². The lowest BCUT2D eigenvalue weighted by atomic mass is 10.2. The number of carbonyl (C=O) groups is 1. The molecule has 0 atom stereocenters. The van der Waals surface area contributed by atoms with E-state index in [-0.39, 0.29) is 5.91 Å². The van der Waals surface area contributed by atoms with Gasteiger partial charge >= 0.3 is 0 Å². The summed E-state index contributed by atoms with van der Waals surface area (Å²) in [6.45, 7) is 0.519. The van der Waals surface area contributed by atoms with Crippen LogP contribution in [0.25, 0.3) is 10.6 Å². The number of carbonyl (C=O) groups excluding carboxylic acids is 1. The summed E-state index contributed by atoms with van der Waals surface area (Å²) in [6.07, 6.45) is 4.47. The number of ether oxygens (including phenoxy) is 1. The number of pyridine rings is 1. The normalized spacial score (nSPS) is 10.4. The van der Waals surface area contributed by atoms with E-state index in [4.69, 9.17) is 4.74 Å². The van der Waals surface area contributed by atoms with Crippen LogP contribution in [0, 0.1) is 0 Å². The summed E-state index contributed by atoms with van der Waals surface area (Å²) in [5, 5.41) is 5.82. The van der Waals surface area contributed by atoms with Gasteiger partial charge < -0.3 is 10.1 Å². The zero-order chi connectivity index (χ0) is 17.5. The summed E-state index contributed by atoms with van der Waals surface area (Å²) in [4.78, 5) is 20.6. The quantitative estimate of drug-likeness (QED) is 0.706. The first kappa shape index (κ1) is 17.1. The smallest absolute Gasteiger partial charge is 0.220 e. The first-order valence-corrected chi connectivity index (χ1v) is 8.87. The van der Waals surface area contributed by atoms with Crippen LogP contribution < -0.4 is 10.1 Å². The van der Waals surface area contributed by atoms with Crippen molar-refractivity contribution >= 4 is 17.2 Å². The van der Waals surface area contributed by atoms with Crippen molar-refractivity contribution in [3.63, 3.8) is 0 Å². The SMILES string of the molecule is COc1ccccc1-c1nc(CCC(=O)NCc2ccncc2)cs1. The number of thiazole rings is 1. The topological polar surface area (TPSA) is 64.1 Å². The molecule has 3 aromatic rings. The third-order valence-corrected chi connectivity index (χ3v) is 4.66. The number of para-hydroxylation sites is 1. The molecule has 0 bridgehead atoms. The Balaban J connectivity index is 1.54. The van der Waals surface area contributed by atoms with Gasteiger partial charge in [-0.2, -0.15) is 0 Å². The van der Waals surface area contributed by atoms with E-state index in [1.165, 1.54) is 0 Å². The first-order valence-electron chi connectivity index (χ1n) is 7.99. The number of aromatic nitrogens is 2. The molecular formula is C19H19N3O2S. The number of hydrogen-bond donors (Lipinski definition) is 1. The summed E-state index contributed by atoms with van der Waals surface area (Å²) in [5.41, 5.74) is 2.93. The molecule has 0 aliphatic heterocycles. The fraction of sp³-hybridized carbons (Fsp3) is 0.211. The third kappa shape index (κ3) is 4.64.